The topological polar surface area (TPSA) is 157 Å². The second-order valence-electron chi connectivity index (χ2n) is 14.1. The van der Waals surface area contributed by atoms with Gasteiger partial charge in [0.05, 0.1) is 43.4 Å². The number of aromatic amines is 1. The lowest BCUT2D eigenvalue weighted by Crippen LogP contribution is -2.45. The van der Waals surface area contributed by atoms with E-state index in [-0.39, 0.29) is 60.3 Å². The maximum atomic E-state index is 13.5. The number of aliphatic hydroxyl groups excluding tert-OH is 1. The molecule has 2 aromatic heterocycles. The van der Waals surface area contributed by atoms with Gasteiger partial charge in [0.25, 0.3) is 0 Å². The average molecular weight is 695 g/mol. The highest BCUT2D eigenvalue weighted by atomic mass is 32.1. The largest absolute Gasteiger partial charge is 0.469 e. The molecule has 4 atom stereocenters. The molecule has 266 valence electrons. The van der Waals surface area contributed by atoms with Gasteiger partial charge < -0.3 is 29.9 Å². The molecule has 12 nitrogen and oxygen atoms in total. The van der Waals surface area contributed by atoms with Crippen molar-refractivity contribution in [1.29, 1.82) is 0 Å². The average Bonchev–Trinajstić information content (AvgIpc) is 3.92. The van der Waals surface area contributed by atoms with E-state index in [0.717, 1.165) is 59.1 Å². The van der Waals surface area contributed by atoms with Crippen LogP contribution in [0.2, 0.25) is 0 Å². The molecule has 5 rings (SSSR count). The lowest BCUT2D eigenvalue weighted by molar-refractivity contribution is -0.148. The molecule has 0 saturated carbocycles. The Kier molecular flexibility index (Phi) is 12.1. The van der Waals surface area contributed by atoms with Crippen LogP contribution in [-0.2, 0) is 30.5 Å². The first-order valence-electron chi connectivity index (χ1n) is 17.4. The molecular weight excluding hydrogens is 644 g/mol. The number of ether oxygens (including phenoxy) is 1. The Morgan fingerprint density at radius 1 is 1.02 bits per heavy atom. The number of carbonyl (C=O) groups is 4. The van der Waals surface area contributed by atoms with Crippen molar-refractivity contribution in [3.05, 3.63) is 40.2 Å². The van der Waals surface area contributed by atoms with Gasteiger partial charge in [-0.15, -0.1) is 11.3 Å². The lowest BCUT2D eigenvalue weighted by Gasteiger charge is -2.30. The number of esters is 1. The van der Waals surface area contributed by atoms with Crippen LogP contribution in [0.4, 0.5) is 0 Å². The van der Waals surface area contributed by atoms with Gasteiger partial charge in [-0.1, -0.05) is 27.7 Å². The van der Waals surface area contributed by atoms with E-state index in [0.29, 0.717) is 26.1 Å². The predicted octanol–water partition coefficient (Wildman–Crippen LogP) is 4.63. The summed E-state index contributed by atoms with van der Waals surface area (Å²) in [6, 6.07) is 1.90. The standard InChI is InChI=1S/C36H50N6O6S/c1-21(2)27(14-25(44)19-43)35(46)41-10-6-8-31(41)29-13-24(16-38-29)37-17-26-12-23(20-49-26)30-18-39-34(40-30)32-9-7-11-42(32)36(47)28(22(3)4)15-33(45)48-5/h12,16,18,20-22,27-28,31-32,37,43H,6-11,13-15,17,19H2,1-5H3,(H,39,40). The third-order valence-corrected chi connectivity index (χ3v) is 11.0. The second kappa shape index (κ2) is 16.2. The van der Waals surface area contributed by atoms with E-state index in [2.05, 4.69) is 26.7 Å². The monoisotopic (exact) mass is 694 g/mol. The fourth-order valence-corrected chi connectivity index (χ4v) is 7.96. The minimum Gasteiger partial charge on any atom is -0.469 e. The molecule has 4 unspecified atom stereocenters. The van der Waals surface area contributed by atoms with E-state index >= 15 is 0 Å². The summed E-state index contributed by atoms with van der Waals surface area (Å²) in [7, 11) is 1.35. The number of carbonyl (C=O) groups excluding carboxylic acids is 4. The van der Waals surface area contributed by atoms with E-state index in [4.69, 9.17) is 9.73 Å². The van der Waals surface area contributed by atoms with Gasteiger partial charge in [0.15, 0.2) is 5.78 Å². The Labute approximate surface area is 292 Å². The van der Waals surface area contributed by atoms with Crippen LogP contribution in [0.5, 0.6) is 0 Å². The Hall–Kier alpha value is -3.84. The van der Waals surface area contributed by atoms with Gasteiger partial charge in [-0.3, -0.25) is 24.2 Å². The molecule has 13 heteroatoms. The fraction of sp³-hybridized carbons (Fsp3) is 0.611. The van der Waals surface area contributed by atoms with E-state index < -0.39 is 18.4 Å². The second-order valence-corrected chi connectivity index (χ2v) is 15.0. The quantitative estimate of drug-likeness (QED) is 0.228. The zero-order valence-corrected chi connectivity index (χ0v) is 30.1. The molecule has 2 amide bonds. The number of H-pyrrole nitrogens is 1. The minimum atomic E-state index is -0.540. The smallest absolute Gasteiger partial charge is 0.306 e. The minimum absolute atomic E-state index is 0.00229. The summed E-state index contributed by atoms with van der Waals surface area (Å²) in [6.07, 6.45) is 7.89. The Morgan fingerprint density at radius 3 is 2.33 bits per heavy atom. The van der Waals surface area contributed by atoms with Crippen LogP contribution in [0.15, 0.2) is 34.5 Å². The number of hydrogen-bond acceptors (Lipinski definition) is 10. The molecule has 2 aromatic rings. The molecule has 0 radical (unpaired) electrons. The molecule has 2 fully saturated rings. The Bertz CT molecular complexity index is 1580. The number of nitrogens with zero attached hydrogens (tertiary/aromatic N) is 4. The highest BCUT2D eigenvalue weighted by molar-refractivity contribution is 7.10. The number of likely N-dealkylation sites (tertiary alicyclic amines) is 2. The highest BCUT2D eigenvalue weighted by Crippen LogP contribution is 2.35. The number of methoxy groups -OCH3 is 1. The first kappa shape index (κ1) is 36.4. The maximum absolute atomic E-state index is 13.5. The van der Waals surface area contributed by atoms with Crippen LogP contribution < -0.4 is 5.32 Å². The number of imidazole rings is 1. The van der Waals surface area contributed by atoms with Crippen LogP contribution in [0, 0.1) is 23.7 Å². The van der Waals surface area contributed by atoms with Crippen LogP contribution >= 0.6 is 11.3 Å². The molecule has 0 bridgehead atoms. The summed E-state index contributed by atoms with van der Waals surface area (Å²) in [5.74, 6) is -0.846. The number of thiophene rings is 1. The van der Waals surface area contributed by atoms with Crippen LogP contribution in [-0.4, -0.2) is 87.0 Å². The predicted molar refractivity (Wildman–Crippen MR) is 187 cm³/mol. The third kappa shape index (κ3) is 8.49. The number of nitrogens with one attached hydrogen (secondary N) is 2. The first-order valence-corrected chi connectivity index (χ1v) is 18.3. The zero-order chi connectivity index (χ0) is 35.2. The number of ketones is 1. The molecule has 0 aromatic carbocycles. The van der Waals surface area contributed by atoms with E-state index in [9.17, 15) is 24.3 Å². The molecule has 0 aliphatic carbocycles. The van der Waals surface area contributed by atoms with E-state index in [1.807, 2.05) is 49.9 Å². The van der Waals surface area contributed by atoms with Crippen molar-refractivity contribution in [2.75, 3.05) is 26.8 Å². The molecule has 0 spiro atoms. The van der Waals surface area contributed by atoms with Crippen LogP contribution in [0.3, 0.4) is 0 Å². The number of hydrogen-bond donors (Lipinski definition) is 3. The van der Waals surface area contributed by atoms with Crippen LogP contribution in [0.1, 0.15) is 89.4 Å². The number of aliphatic hydroxyl groups is 1. The number of aromatic nitrogens is 2. The number of rotatable bonds is 15. The summed E-state index contributed by atoms with van der Waals surface area (Å²) in [5.41, 5.74) is 3.88. The SMILES string of the molecule is COC(=O)CC(C(=O)N1CCCC1c1ncc(-c2csc(CNC3=CN=C(C4CCCN4C(=O)C(CC(=O)CO)C(C)C)C3)c2)[nH]1)C(C)C. The molecular formula is C36H50N6O6S. The van der Waals surface area contributed by atoms with Crippen molar-refractivity contribution in [2.24, 2.45) is 28.7 Å². The van der Waals surface area contributed by atoms with E-state index in [1.54, 1.807) is 11.3 Å². The molecule has 2 saturated heterocycles. The van der Waals surface area contributed by atoms with Crippen molar-refractivity contribution in [3.63, 3.8) is 0 Å². The zero-order valence-electron chi connectivity index (χ0n) is 29.2. The number of Topliss-reactive ketones (excluding diaryl/α,β-unsaturated/α-hetero) is 1. The fourth-order valence-electron chi connectivity index (χ4n) is 7.13. The number of amides is 2. The number of allylic oxidation sites excluding steroid dienone is 1. The van der Waals surface area contributed by atoms with Crippen molar-refractivity contribution >= 4 is 40.6 Å². The normalized spacial score (nSPS) is 20.5. The van der Waals surface area contributed by atoms with Crippen molar-refractivity contribution in [1.82, 2.24) is 25.1 Å². The molecule has 3 N–H and O–H groups in total. The molecule has 49 heavy (non-hydrogen) atoms. The Morgan fingerprint density at radius 2 is 1.67 bits per heavy atom. The van der Waals surface area contributed by atoms with Gasteiger partial charge >= 0.3 is 5.97 Å². The van der Waals surface area contributed by atoms with Gasteiger partial charge in [0.1, 0.15) is 12.4 Å². The summed E-state index contributed by atoms with van der Waals surface area (Å²) in [6.45, 7) is 9.19. The van der Waals surface area contributed by atoms with Gasteiger partial charge in [-0.2, -0.15) is 0 Å². The third-order valence-electron chi connectivity index (χ3n) is 10.1. The summed E-state index contributed by atoms with van der Waals surface area (Å²) in [4.78, 5) is 68.8. The maximum Gasteiger partial charge on any atom is 0.306 e. The van der Waals surface area contributed by atoms with Crippen molar-refractivity contribution in [3.8, 4) is 11.3 Å². The summed E-state index contributed by atoms with van der Waals surface area (Å²) < 4.78 is 4.85. The summed E-state index contributed by atoms with van der Waals surface area (Å²) >= 11 is 1.65. The van der Waals surface area contributed by atoms with E-state index in [1.165, 1.54) is 7.11 Å². The van der Waals surface area contributed by atoms with Crippen molar-refractivity contribution < 1.29 is 29.0 Å². The van der Waals surface area contributed by atoms with Gasteiger partial charge in [0.2, 0.25) is 11.8 Å². The summed E-state index contributed by atoms with van der Waals surface area (Å²) in [5, 5.41) is 14.9. The van der Waals surface area contributed by atoms with Gasteiger partial charge in [0, 0.05) is 71.8 Å². The molecule has 3 aliphatic rings. The Balaban J connectivity index is 1.15. The van der Waals surface area contributed by atoms with Gasteiger partial charge in [-0.25, -0.2) is 4.98 Å². The van der Waals surface area contributed by atoms with Gasteiger partial charge in [-0.05, 0) is 43.6 Å². The highest BCUT2D eigenvalue weighted by Gasteiger charge is 2.39. The molecule has 5 heterocycles. The first-order chi connectivity index (χ1) is 23.5. The number of aliphatic imine (C=N–C) groups is 1. The lowest BCUT2D eigenvalue weighted by atomic mass is 9.89. The molecule has 3 aliphatic heterocycles. The van der Waals surface area contributed by atoms with Crippen LogP contribution in [0.25, 0.3) is 11.3 Å². The van der Waals surface area contributed by atoms with Crippen molar-refractivity contribution in [2.45, 2.75) is 91.3 Å².